The van der Waals surface area contributed by atoms with Gasteiger partial charge in [-0.1, -0.05) is 26.8 Å². The molecule has 0 atom stereocenters. The third-order valence-electron chi connectivity index (χ3n) is 3.09. The number of nitrogens with two attached hydrogens (primary N) is 1. The van der Waals surface area contributed by atoms with Crippen LogP contribution in [-0.2, 0) is 10.0 Å². The molecule has 0 aliphatic rings. The highest BCUT2D eigenvalue weighted by atomic mass is 32.2. The molecule has 1 aromatic rings. The lowest BCUT2D eigenvalue weighted by molar-refractivity contribution is 0.397. The Kier molecular flexibility index (Phi) is 4.50. The summed E-state index contributed by atoms with van der Waals surface area (Å²) in [6, 6.07) is 3.61. The maximum atomic E-state index is 12.1. The van der Waals surface area contributed by atoms with Gasteiger partial charge in [0.2, 0.25) is 10.0 Å². The molecule has 3 N–H and O–H groups in total. The summed E-state index contributed by atoms with van der Waals surface area (Å²) in [5, 5.41) is 0. The fraction of sp³-hybridized carbons (Fsp3) is 0.571. The number of rotatable bonds is 4. The number of benzene rings is 1. The zero-order valence-corrected chi connectivity index (χ0v) is 13.2. The smallest absolute Gasteiger partial charge is 0.232 e. The van der Waals surface area contributed by atoms with Crippen LogP contribution in [0.5, 0.6) is 0 Å². The van der Waals surface area contributed by atoms with E-state index in [4.69, 9.17) is 5.73 Å². The van der Waals surface area contributed by atoms with Crippen molar-refractivity contribution in [1.82, 2.24) is 0 Å². The van der Waals surface area contributed by atoms with Crippen LogP contribution >= 0.6 is 0 Å². The molecular formula is C14H24N2O2S. The quantitative estimate of drug-likeness (QED) is 0.835. The molecule has 108 valence electrons. The molecule has 0 spiro atoms. The summed E-state index contributed by atoms with van der Waals surface area (Å²) in [4.78, 5) is 0. The molecule has 0 aliphatic heterocycles. The molecule has 19 heavy (non-hydrogen) atoms. The highest BCUT2D eigenvalue weighted by molar-refractivity contribution is 7.92. The Morgan fingerprint density at radius 1 is 1.21 bits per heavy atom. The predicted molar refractivity (Wildman–Crippen MR) is 81.8 cm³/mol. The molecule has 0 aromatic heterocycles. The van der Waals surface area contributed by atoms with Gasteiger partial charge in [0, 0.05) is 5.69 Å². The van der Waals surface area contributed by atoms with E-state index in [1.807, 2.05) is 40.7 Å². The monoisotopic (exact) mass is 284 g/mol. The van der Waals surface area contributed by atoms with Crippen molar-refractivity contribution in [3.63, 3.8) is 0 Å². The summed E-state index contributed by atoms with van der Waals surface area (Å²) in [5.74, 6) is 0.115. The topological polar surface area (TPSA) is 72.2 Å². The molecule has 0 heterocycles. The first-order valence-corrected chi connectivity index (χ1v) is 8.03. The van der Waals surface area contributed by atoms with Gasteiger partial charge in [-0.2, -0.15) is 0 Å². The minimum atomic E-state index is -3.34. The predicted octanol–water partition coefficient (Wildman–Crippen LogP) is 3.06. The van der Waals surface area contributed by atoms with Crippen LogP contribution in [0.4, 0.5) is 11.4 Å². The van der Waals surface area contributed by atoms with E-state index >= 15 is 0 Å². The summed E-state index contributed by atoms with van der Waals surface area (Å²) in [7, 11) is -3.34. The lowest BCUT2D eigenvalue weighted by Gasteiger charge is -2.19. The Hall–Kier alpha value is -1.23. The zero-order chi connectivity index (χ0) is 14.8. The standard InChI is InChI=1S/C14H24N2O2S/c1-10-6-7-12(15)11(2)13(10)16-19(17,18)9-8-14(3,4)5/h6-7,16H,8-9,15H2,1-5H3. The average molecular weight is 284 g/mol. The van der Waals surface area contributed by atoms with Crippen LogP contribution in [0.25, 0.3) is 0 Å². The molecule has 0 fully saturated rings. The van der Waals surface area contributed by atoms with Crippen molar-refractivity contribution >= 4 is 21.4 Å². The molecule has 0 amide bonds. The zero-order valence-electron chi connectivity index (χ0n) is 12.4. The Balaban J connectivity index is 2.93. The van der Waals surface area contributed by atoms with Crippen molar-refractivity contribution < 1.29 is 8.42 Å². The van der Waals surface area contributed by atoms with Gasteiger partial charge in [-0.05, 0) is 42.9 Å². The lowest BCUT2D eigenvalue weighted by atomic mass is 9.94. The van der Waals surface area contributed by atoms with Crippen LogP contribution in [0.1, 0.15) is 38.3 Å². The highest BCUT2D eigenvalue weighted by Crippen LogP contribution is 2.27. The normalized spacial score (nSPS) is 12.5. The van der Waals surface area contributed by atoms with E-state index in [-0.39, 0.29) is 11.2 Å². The van der Waals surface area contributed by atoms with E-state index in [0.29, 0.717) is 17.8 Å². The van der Waals surface area contributed by atoms with Crippen molar-refractivity contribution in [3.05, 3.63) is 23.3 Å². The minimum Gasteiger partial charge on any atom is -0.398 e. The van der Waals surface area contributed by atoms with Gasteiger partial charge in [-0.25, -0.2) is 8.42 Å². The first kappa shape index (κ1) is 15.8. The van der Waals surface area contributed by atoms with Crippen LogP contribution in [-0.4, -0.2) is 14.2 Å². The summed E-state index contributed by atoms with van der Waals surface area (Å²) in [6.07, 6.45) is 0.614. The lowest BCUT2D eigenvalue weighted by Crippen LogP contribution is -2.22. The molecular weight excluding hydrogens is 260 g/mol. The molecule has 0 aliphatic carbocycles. The van der Waals surface area contributed by atoms with Crippen LogP contribution in [0.3, 0.4) is 0 Å². The first-order valence-electron chi connectivity index (χ1n) is 6.38. The van der Waals surface area contributed by atoms with Crippen molar-refractivity contribution in [2.75, 3.05) is 16.2 Å². The Morgan fingerprint density at radius 2 is 1.79 bits per heavy atom. The second-order valence-electron chi connectivity index (χ2n) is 6.20. The molecule has 0 unspecified atom stereocenters. The SMILES string of the molecule is Cc1ccc(N)c(C)c1NS(=O)(=O)CCC(C)(C)C. The summed E-state index contributed by atoms with van der Waals surface area (Å²) >= 11 is 0. The number of sulfonamides is 1. The average Bonchev–Trinajstić information content (AvgIpc) is 2.27. The summed E-state index contributed by atoms with van der Waals surface area (Å²) < 4.78 is 26.9. The highest BCUT2D eigenvalue weighted by Gasteiger charge is 2.19. The van der Waals surface area contributed by atoms with Gasteiger partial charge < -0.3 is 5.73 Å². The van der Waals surface area contributed by atoms with Crippen molar-refractivity contribution in [3.8, 4) is 0 Å². The summed E-state index contributed by atoms with van der Waals surface area (Å²) in [6.45, 7) is 9.77. The third kappa shape index (κ3) is 4.74. The molecule has 0 saturated heterocycles. The maximum Gasteiger partial charge on any atom is 0.232 e. The second kappa shape index (κ2) is 5.41. The van der Waals surface area contributed by atoms with Gasteiger partial charge in [-0.15, -0.1) is 0 Å². The van der Waals surface area contributed by atoms with Crippen LogP contribution in [0.15, 0.2) is 12.1 Å². The number of anilines is 2. The Bertz CT molecular complexity index is 558. The maximum absolute atomic E-state index is 12.1. The summed E-state index contributed by atoms with van der Waals surface area (Å²) in [5.41, 5.74) is 8.67. The molecule has 5 heteroatoms. The van der Waals surface area contributed by atoms with E-state index in [2.05, 4.69) is 4.72 Å². The van der Waals surface area contributed by atoms with Gasteiger partial charge in [0.15, 0.2) is 0 Å². The van der Waals surface area contributed by atoms with Crippen molar-refractivity contribution in [2.24, 2.45) is 5.41 Å². The van der Waals surface area contributed by atoms with Gasteiger partial charge >= 0.3 is 0 Å². The molecule has 0 bridgehead atoms. The second-order valence-corrected chi connectivity index (χ2v) is 8.05. The van der Waals surface area contributed by atoms with E-state index < -0.39 is 10.0 Å². The van der Waals surface area contributed by atoms with Gasteiger partial charge in [0.1, 0.15) is 0 Å². The number of aryl methyl sites for hydroxylation is 1. The Labute approximate surface area is 116 Å². The fourth-order valence-corrected chi connectivity index (χ4v) is 3.28. The first-order chi connectivity index (χ1) is 8.52. The molecule has 0 saturated carbocycles. The number of hydrogen-bond donors (Lipinski definition) is 2. The molecule has 4 nitrogen and oxygen atoms in total. The Morgan fingerprint density at radius 3 is 2.32 bits per heavy atom. The van der Waals surface area contributed by atoms with Crippen LogP contribution in [0.2, 0.25) is 0 Å². The fourth-order valence-electron chi connectivity index (χ4n) is 1.67. The van der Waals surface area contributed by atoms with E-state index in [1.54, 1.807) is 6.07 Å². The van der Waals surface area contributed by atoms with Gasteiger partial charge in [-0.3, -0.25) is 4.72 Å². The van der Waals surface area contributed by atoms with Crippen molar-refractivity contribution in [2.45, 2.75) is 41.0 Å². The largest absolute Gasteiger partial charge is 0.398 e. The van der Waals surface area contributed by atoms with Gasteiger partial charge in [0.25, 0.3) is 0 Å². The van der Waals surface area contributed by atoms with Gasteiger partial charge in [0.05, 0.1) is 11.4 Å². The molecule has 1 aromatic carbocycles. The van der Waals surface area contributed by atoms with E-state index in [9.17, 15) is 8.42 Å². The van der Waals surface area contributed by atoms with Crippen molar-refractivity contribution in [1.29, 1.82) is 0 Å². The van der Waals surface area contributed by atoms with Crippen LogP contribution in [0, 0.1) is 19.3 Å². The number of hydrogen-bond acceptors (Lipinski definition) is 3. The van der Waals surface area contributed by atoms with E-state index in [0.717, 1.165) is 11.1 Å². The third-order valence-corrected chi connectivity index (χ3v) is 4.35. The van der Waals surface area contributed by atoms with Crippen LogP contribution < -0.4 is 10.5 Å². The van der Waals surface area contributed by atoms with E-state index in [1.165, 1.54) is 0 Å². The minimum absolute atomic E-state index is 0.00540. The molecule has 0 radical (unpaired) electrons. The number of nitrogen functional groups attached to an aromatic ring is 1. The molecule has 1 rings (SSSR count). The number of nitrogens with one attached hydrogen (secondary N) is 1.